The van der Waals surface area contributed by atoms with E-state index in [4.69, 9.17) is 0 Å². The molecular formula is C20H20N6O. The van der Waals surface area contributed by atoms with Gasteiger partial charge >= 0.3 is 0 Å². The van der Waals surface area contributed by atoms with E-state index in [1.165, 1.54) is 0 Å². The first kappa shape index (κ1) is 17.0. The molecule has 0 aliphatic carbocycles. The molecule has 0 bridgehead atoms. The molecule has 3 heterocycles. The minimum absolute atomic E-state index is 0.0863. The van der Waals surface area contributed by atoms with Crippen LogP contribution in [0.3, 0.4) is 0 Å². The van der Waals surface area contributed by atoms with Crippen molar-refractivity contribution >= 4 is 22.6 Å². The van der Waals surface area contributed by atoms with Gasteiger partial charge in [0.05, 0.1) is 35.0 Å². The Morgan fingerprint density at radius 3 is 2.63 bits per heavy atom. The fourth-order valence-corrected chi connectivity index (χ4v) is 3.18. The zero-order valence-electron chi connectivity index (χ0n) is 15.5. The summed E-state index contributed by atoms with van der Waals surface area (Å²) in [5.41, 5.74) is 5.41. The molecule has 7 nitrogen and oxygen atoms in total. The van der Waals surface area contributed by atoms with E-state index < -0.39 is 0 Å². The molecule has 1 aromatic carbocycles. The Balaban J connectivity index is 1.50. The van der Waals surface area contributed by atoms with Gasteiger partial charge in [-0.25, -0.2) is 9.97 Å². The number of nitrogens with zero attached hydrogens (tertiary/aromatic N) is 5. The number of aryl methyl sites for hydroxylation is 2. The molecule has 4 aromatic rings. The number of imidazole rings is 1. The largest absolute Gasteiger partial charge is 0.324 e. The van der Waals surface area contributed by atoms with Crippen LogP contribution in [0.15, 0.2) is 48.9 Å². The number of amides is 1. The summed E-state index contributed by atoms with van der Waals surface area (Å²) in [6.45, 7) is 3.88. The van der Waals surface area contributed by atoms with Crippen molar-refractivity contribution in [3.8, 4) is 5.82 Å². The van der Waals surface area contributed by atoms with Gasteiger partial charge in [-0.2, -0.15) is 5.10 Å². The second-order valence-corrected chi connectivity index (χ2v) is 6.51. The van der Waals surface area contributed by atoms with E-state index in [2.05, 4.69) is 20.4 Å². The molecule has 136 valence electrons. The van der Waals surface area contributed by atoms with Crippen LogP contribution in [0.4, 0.5) is 5.69 Å². The van der Waals surface area contributed by atoms with E-state index in [-0.39, 0.29) is 5.91 Å². The Labute approximate surface area is 156 Å². The van der Waals surface area contributed by atoms with Crippen LogP contribution in [0.2, 0.25) is 0 Å². The van der Waals surface area contributed by atoms with E-state index in [1.54, 1.807) is 17.2 Å². The first-order valence-electron chi connectivity index (χ1n) is 8.70. The summed E-state index contributed by atoms with van der Waals surface area (Å²) < 4.78 is 3.72. The first-order chi connectivity index (χ1) is 13.0. The highest BCUT2D eigenvalue weighted by Crippen LogP contribution is 2.18. The number of hydrogen-bond donors (Lipinski definition) is 1. The van der Waals surface area contributed by atoms with Crippen LogP contribution >= 0.6 is 0 Å². The third-order valence-electron chi connectivity index (χ3n) is 4.73. The number of benzene rings is 1. The van der Waals surface area contributed by atoms with E-state index in [0.717, 1.165) is 33.8 Å². The summed E-state index contributed by atoms with van der Waals surface area (Å²) in [4.78, 5) is 21.2. The molecule has 1 amide bonds. The maximum Gasteiger partial charge on any atom is 0.228 e. The molecule has 4 rings (SSSR count). The minimum atomic E-state index is -0.0863. The van der Waals surface area contributed by atoms with Crippen molar-refractivity contribution in [2.24, 2.45) is 7.05 Å². The highest BCUT2D eigenvalue weighted by atomic mass is 16.1. The number of para-hydroxylation sites is 2. The van der Waals surface area contributed by atoms with Gasteiger partial charge in [0.1, 0.15) is 12.1 Å². The molecule has 27 heavy (non-hydrogen) atoms. The van der Waals surface area contributed by atoms with Crippen LogP contribution in [-0.4, -0.2) is 30.2 Å². The lowest BCUT2D eigenvalue weighted by Gasteiger charge is -2.07. The lowest BCUT2D eigenvalue weighted by atomic mass is 10.1. The predicted molar refractivity (Wildman–Crippen MR) is 104 cm³/mol. The minimum Gasteiger partial charge on any atom is -0.324 e. The van der Waals surface area contributed by atoms with Crippen LogP contribution < -0.4 is 5.32 Å². The maximum absolute atomic E-state index is 12.4. The first-order valence-corrected chi connectivity index (χ1v) is 8.70. The Morgan fingerprint density at radius 2 is 1.93 bits per heavy atom. The zero-order chi connectivity index (χ0) is 19.0. The zero-order valence-corrected chi connectivity index (χ0v) is 15.5. The molecule has 1 N–H and O–H groups in total. The molecule has 0 atom stereocenters. The van der Waals surface area contributed by atoms with Crippen LogP contribution in [0, 0.1) is 13.8 Å². The summed E-state index contributed by atoms with van der Waals surface area (Å²) in [6, 6.07) is 11.6. The number of aromatic nitrogens is 5. The fourth-order valence-electron chi connectivity index (χ4n) is 3.18. The molecule has 0 spiro atoms. The number of carbonyl (C=O) groups is 1. The number of rotatable bonds is 4. The van der Waals surface area contributed by atoms with Gasteiger partial charge in [0.15, 0.2) is 0 Å². The Kier molecular flexibility index (Phi) is 4.19. The van der Waals surface area contributed by atoms with Gasteiger partial charge < -0.3 is 5.32 Å². The van der Waals surface area contributed by atoms with Gasteiger partial charge in [-0.3, -0.25) is 14.0 Å². The van der Waals surface area contributed by atoms with Crippen molar-refractivity contribution < 1.29 is 4.79 Å². The van der Waals surface area contributed by atoms with Crippen molar-refractivity contribution in [2.45, 2.75) is 20.3 Å². The molecular weight excluding hydrogens is 340 g/mol. The van der Waals surface area contributed by atoms with Crippen molar-refractivity contribution in [1.29, 1.82) is 0 Å². The van der Waals surface area contributed by atoms with Crippen LogP contribution in [0.1, 0.15) is 17.0 Å². The average molecular weight is 360 g/mol. The van der Waals surface area contributed by atoms with Gasteiger partial charge in [0.25, 0.3) is 0 Å². The third kappa shape index (κ3) is 3.19. The molecule has 0 fully saturated rings. The number of carbonyl (C=O) groups excluding carboxylic acids is 1. The monoisotopic (exact) mass is 360 g/mol. The Morgan fingerprint density at radius 1 is 1.11 bits per heavy atom. The van der Waals surface area contributed by atoms with Gasteiger partial charge in [-0.1, -0.05) is 12.1 Å². The van der Waals surface area contributed by atoms with E-state index in [9.17, 15) is 4.79 Å². The third-order valence-corrected chi connectivity index (χ3v) is 4.73. The number of pyridine rings is 1. The molecule has 0 saturated heterocycles. The van der Waals surface area contributed by atoms with Crippen LogP contribution in [0.5, 0.6) is 0 Å². The fraction of sp³-hybridized carbons (Fsp3) is 0.200. The van der Waals surface area contributed by atoms with Gasteiger partial charge in [0.2, 0.25) is 5.91 Å². The normalized spacial score (nSPS) is 11.1. The molecule has 0 radical (unpaired) electrons. The molecule has 0 saturated carbocycles. The van der Waals surface area contributed by atoms with Crippen molar-refractivity contribution in [3.63, 3.8) is 0 Å². The van der Waals surface area contributed by atoms with E-state index >= 15 is 0 Å². The molecule has 3 aromatic heterocycles. The van der Waals surface area contributed by atoms with E-state index in [1.807, 2.05) is 61.9 Å². The quantitative estimate of drug-likeness (QED) is 0.607. The van der Waals surface area contributed by atoms with E-state index in [0.29, 0.717) is 12.1 Å². The SMILES string of the molecule is Cc1nn(C)c(C)c1CC(=O)Nc1ccc(-n2cnc3ccccc32)nc1. The molecule has 0 unspecified atom stereocenters. The van der Waals surface area contributed by atoms with Gasteiger partial charge in [-0.15, -0.1) is 0 Å². The maximum atomic E-state index is 12.4. The number of hydrogen-bond acceptors (Lipinski definition) is 4. The lowest BCUT2D eigenvalue weighted by molar-refractivity contribution is -0.115. The Hall–Kier alpha value is -3.48. The second kappa shape index (κ2) is 6.68. The van der Waals surface area contributed by atoms with Crippen LogP contribution in [0.25, 0.3) is 16.9 Å². The summed E-state index contributed by atoms with van der Waals surface area (Å²) in [5, 5.41) is 7.25. The topological polar surface area (TPSA) is 77.6 Å². The standard InChI is InChI=1S/C20H20N6O/c1-13-16(14(2)25(3)24-13)10-20(27)23-15-8-9-19(21-11-15)26-12-22-17-6-4-5-7-18(17)26/h4-9,11-12H,10H2,1-3H3,(H,23,27). The highest BCUT2D eigenvalue weighted by molar-refractivity contribution is 5.92. The van der Waals surface area contributed by atoms with Crippen molar-refractivity contribution in [3.05, 3.63) is 65.9 Å². The summed E-state index contributed by atoms with van der Waals surface area (Å²) in [5.74, 6) is 0.664. The number of fused-ring (bicyclic) bond motifs is 1. The summed E-state index contributed by atoms with van der Waals surface area (Å²) in [7, 11) is 1.88. The highest BCUT2D eigenvalue weighted by Gasteiger charge is 2.14. The Bertz CT molecular complexity index is 1120. The smallest absolute Gasteiger partial charge is 0.228 e. The van der Waals surface area contributed by atoms with Gasteiger partial charge in [0, 0.05) is 18.3 Å². The van der Waals surface area contributed by atoms with Crippen molar-refractivity contribution in [1.82, 2.24) is 24.3 Å². The predicted octanol–water partition coefficient (Wildman–Crippen LogP) is 2.95. The molecule has 0 aliphatic heterocycles. The summed E-state index contributed by atoms with van der Waals surface area (Å²) >= 11 is 0. The number of nitrogens with one attached hydrogen (secondary N) is 1. The van der Waals surface area contributed by atoms with Gasteiger partial charge in [-0.05, 0) is 38.1 Å². The van der Waals surface area contributed by atoms with Crippen LogP contribution in [-0.2, 0) is 18.3 Å². The molecule has 7 heteroatoms. The second-order valence-electron chi connectivity index (χ2n) is 6.51. The summed E-state index contributed by atoms with van der Waals surface area (Å²) in [6.07, 6.45) is 3.70. The van der Waals surface area contributed by atoms with Crippen molar-refractivity contribution in [2.75, 3.05) is 5.32 Å². The molecule has 0 aliphatic rings. The number of anilines is 1. The average Bonchev–Trinajstić information content (AvgIpc) is 3.19. The lowest BCUT2D eigenvalue weighted by Crippen LogP contribution is -2.15.